The highest BCUT2D eigenvalue weighted by Crippen LogP contribution is 2.31. The van der Waals surface area contributed by atoms with Gasteiger partial charge in [-0.2, -0.15) is 5.10 Å². The number of hydrogen-bond donors (Lipinski definition) is 1. The number of aliphatic hydroxyl groups excluding tert-OH is 1. The molecule has 0 saturated carbocycles. The highest BCUT2D eigenvalue weighted by Gasteiger charge is 2.29. The third kappa shape index (κ3) is 3.53. The molecule has 0 amide bonds. The predicted octanol–water partition coefficient (Wildman–Crippen LogP) is 3.97. The molecule has 1 fully saturated rings. The number of hydrogen-bond acceptors (Lipinski definition) is 3. The first kappa shape index (κ1) is 17.3. The number of piperidine rings is 1. The first-order valence-electron chi connectivity index (χ1n) is 9.52. The maximum Gasteiger partial charge on any atom is 0.0736 e. The quantitative estimate of drug-likeness (QED) is 0.775. The van der Waals surface area contributed by atoms with Crippen molar-refractivity contribution in [3.05, 3.63) is 66.0 Å². The molecule has 4 nitrogen and oxygen atoms in total. The van der Waals surface area contributed by atoms with Crippen molar-refractivity contribution in [2.75, 3.05) is 13.1 Å². The zero-order valence-electron chi connectivity index (χ0n) is 15.5. The summed E-state index contributed by atoms with van der Waals surface area (Å²) in [6.07, 6.45) is 4.72. The molecular weight excluding hydrogens is 322 g/mol. The summed E-state index contributed by atoms with van der Waals surface area (Å²) in [5.41, 5.74) is 2.47. The second-order valence-corrected chi connectivity index (χ2v) is 7.73. The van der Waals surface area contributed by atoms with Crippen LogP contribution < -0.4 is 0 Å². The molecule has 2 aromatic carbocycles. The van der Waals surface area contributed by atoms with Gasteiger partial charge in [0, 0.05) is 36.8 Å². The Hall–Kier alpha value is -2.17. The van der Waals surface area contributed by atoms with Crippen LogP contribution in [0.2, 0.25) is 0 Å². The number of rotatable bonds is 4. The fraction of sp³-hybridized carbons (Fsp3) is 0.409. The van der Waals surface area contributed by atoms with E-state index >= 15 is 0 Å². The molecule has 2 atom stereocenters. The number of likely N-dealkylation sites (tertiary alicyclic amines) is 1. The number of nitrogens with zero attached hydrogens (tertiary/aromatic N) is 3. The highest BCUT2D eigenvalue weighted by atomic mass is 16.3. The fourth-order valence-corrected chi connectivity index (χ4v) is 3.97. The van der Waals surface area contributed by atoms with Gasteiger partial charge in [-0.05, 0) is 43.1 Å². The van der Waals surface area contributed by atoms with Crippen LogP contribution >= 0.6 is 0 Å². The summed E-state index contributed by atoms with van der Waals surface area (Å²) in [7, 11) is 0. The van der Waals surface area contributed by atoms with Crippen LogP contribution in [0.25, 0.3) is 10.8 Å². The van der Waals surface area contributed by atoms with E-state index in [2.05, 4.69) is 72.5 Å². The summed E-state index contributed by atoms with van der Waals surface area (Å²) in [6.45, 7) is 6.84. The van der Waals surface area contributed by atoms with Gasteiger partial charge in [-0.3, -0.25) is 9.58 Å². The number of aliphatic hydroxyl groups is 1. The molecule has 1 N–H and O–H groups in total. The van der Waals surface area contributed by atoms with Crippen molar-refractivity contribution in [2.45, 2.75) is 44.9 Å². The molecule has 4 heteroatoms. The van der Waals surface area contributed by atoms with E-state index in [1.165, 1.54) is 21.9 Å². The van der Waals surface area contributed by atoms with Crippen molar-refractivity contribution in [2.24, 2.45) is 0 Å². The Labute approximate surface area is 155 Å². The van der Waals surface area contributed by atoms with Gasteiger partial charge in [-0.1, -0.05) is 42.5 Å². The van der Waals surface area contributed by atoms with Crippen molar-refractivity contribution >= 4 is 10.8 Å². The van der Waals surface area contributed by atoms with E-state index in [4.69, 9.17) is 0 Å². The highest BCUT2D eigenvalue weighted by molar-refractivity contribution is 5.83. The van der Waals surface area contributed by atoms with E-state index in [0.717, 1.165) is 19.5 Å². The first-order valence-corrected chi connectivity index (χ1v) is 9.52. The molecule has 1 aliphatic heterocycles. The van der Waals surface area contributed by atoms with Crippen molar-refractivity contribution in [1.29, 1.82) is 0 Å². The number of β-amino-alcohol motifs (C(OH)–C–C–N with tert-alkyl or cyclic N) is 1. The van der Waals surface area contributed by atoms with E-state index < -0.39 is 0 Å². The smallest absolute Gasteiger partial charge is 0.0736 e. The van der Waals surface area contributed by atoms with E-state index in [1.807, 2.05) is 10.9 Å². The van der Waals surface area contributed by atoms with Gasteiger partial charge >= 0.3 is 0 Å². The third-order valence-corrected chi connectivity index (χ3v) is 5.46. The topological polar surface area (TPSA) is 41.3 Å². The average molecular weight is 349 g/mol. The Balaban J connectivity index is 1.43. The zero-order valence-corrected chi connectivity index (χ0v) is 15.5. The molecule has 3 aromatic rings. The monoisotopic (exact) mass is 349 g/mol. The molecule has 1 aromatic heterocycles. The summed E-state index contributed by atoms with van der Waals surface area (Å²) in [5, 5.41) is 17.7. The van der Waals surface area contributed by atoms with Crippen molar-refractivity contribution in [3.63, 3.8) is 0 Å². The summed E-state index contributed by atoms with van der Waals surface area (Å²) in [4.78, 5) is 2.34. The van der Waals surface area contributed by atoms with Gasteiger partial charge in [-0.25, -0.2) is 0 Å². The molecule has 1 saturated heterocycles. The van der Waals surface area contributed by atoms with Gasteiger partial charge in [0.2, 0.25) is 0 Å². The van der Waals surface area contributed by atoms with Crippen LogP contribution in [0, 0.1) is 0 Å². The van der Waals surface area contributed by atoms with Crippen LogP contribution in [-0.4, -0.2) is 39.0 Å². The van der Waals surface area contributed by atoms with Crippen LogP contribution in [0.1, 0.15) is 43.4 Å². The van der Waals surface area contributed by atoms with Crippen LogP contribution in [0.15, 0.2) is 54.9 Å². The predicted molar refractivity (Wildman–Crippen MR) is 105 cm³/mol. The van der Waals surface area contributed by atoms with Gasteiger partial charge in [0.15, 0.2) is 0 Å². The minimum Gasteiger partial charge on any atom is -0.391 e. The van der Waals surface area contributed by atoms with Gasteiger partial charge < -0.3 is 5.11 Å². The molecule has 136 valence electrons. The van der Waals surface area contributed by atoms with Crippen molar-refractivity contribution in [1.82, 2.24) is 14.7 Å². The minimum absolute atomic E-state index is 0.217. The van der Waals surface area contributed by atoms with E-state index in [-0.39, 0.29) is 12.0 Å². The van der Waals surface area contributed by atoms with Gasteiger partial charge in [0.05, 0.1) is 12.3 Å². The summed E-state index contributed by atoms with van der Waals surface area (Å²) in [5.74, 6) is 0.217. The SMILES string of the molecule is CC(C)n1cc(CN2CC[C@@H](c3ccc4ccccc4c3)[C@H](O)C2)cn1. The number of fused-ring (bicyclic) bond motifs is 1. The summed E-state index contributed by atoms with van der Waals surface area (Å²) in [6, 6.07) is 15.4. The van der Waals surface area contributed by atoms with E-state index in [0.29, 0.717) is 12.6 Å². The Bertz CT molecular complexity index is 886. The number of benzene rings is 2. The van der Waals surface area contributed by atoms with Crippen LogP contribution in [-0.2, 0) is 6.54 Å². The van der Waals surface area contributed by atoms with Crippen molar-refractivity contribution in [3.8, 4) is 0 Å². The third-order valence-electron chi connectivity index (χ3n) is 5.46. The van der Waals surface area contributed by atoms with E-state index in [1.54, 1.807) is 0 Å². The Morgan fingerprint density at radius 3 is 2.69 bits per heavy atom. The van der Waals surface area contributed by atoms with Gasteiger partial charge in [-0.15, -0.1) is 0 Å². The van der Waals surface area contributed by atoms with Gasteiger partial charge in [0.25, 0.3) is 0 Å². The second-order valence-electron chi connectivity index (χ2n) is 7.73. The summed E-state index contributed by atoms with van der Waals surface area (Å²) >= 11 is 0. The molecular formula is C22H27N3O. The molecule has 1 aliphatic rings. The maximum atomic E-state index is 10.8. The maximum absolute atomic E-state index is 10.8. The van der Waals surface area contributed by atoms with E-state index in [9.17, 15) is 5.11 Å². The number of aromatic nitrogens is 2. The minimum atomic E-state index is -0.329. The van der Waals surface area contributed by atoms with Crippen LogP contribution in [0.4, 0.5) is 0 Å². The Morgan fingerprint density at radius 1 is 1.15 bits per heavy atom. The lowest BCUT2D eigenvalue weighted by atomic mass is 9.86. The second kappa shape index (κ2) is 7.22. The standard InChI is InChI=1S/C22H27N3O/c1-16(2)25-14-17(12-23-25)13-24-10-9-21(22(26)15-24)20-8-7-18-5-3-4-6-19(18)11-20/h3-8,11-12,14,16,21-22,26H,9-10,13,15H2,1-2H3/t21-,22+/m0/s1. The molecule has 0 bridgehead atoms. The molecule has 0 unspecified atom stereocenters. The van der Waals surface area contributed by atoms with Crippen LogP contribution in [0.3, 0.4) is 0 Å². The first-order chi connectivity index (χ1) is 12.6. The lowest BCUT2D eigenvalue weighted by molar-refractivity contribution is 0.0477. The average Bonchev–Trinajstić information content (AvgIpc) is 3.10. The molecule has 26 heavy (non-hydrogen) atoms. The molecule has 0 radical (unpaired) electrons. The summed E-state index contributed by atoms with van der Waals surface area (Å²) < 4.78 is 1.99. The fourth-order valence-electron chi connectivity index (χ4n) is 3.97. The zero-order chi connectivity index (χ0) is 18.1. The van der Waals surface area contributed by atoms with Gasteiger partial charge in [0.1, 0.15) is 0 Å². The van der Waals surface area contributed by atoms with Crippen molar-refractivity contribution < 1.29 is 5.11 Å². The normalized spacial score (nSPS) is 21.5. The molecule has 0 aliphatic carbocycles. The lowest BCUT2D eigenvalue weighted by Gasteiger charge is -2.36. The lowest BCUT2D eigenvalue weighted by Crippen LogP contribution is -2.42. The largest absolute Gasteiger partial charge is 0.391 e. The molecule has 4 rings (SSSR count). The molecule has 0 spiro atoms. The Morgan fingerprint density at radius 2 is 1.96 bits per heavy atom. The molecule has 2 heterocycles. The van der Waals surface area contributed by atoms with Crippen LogP contribution in [0.5, 0.6) is 0 Å². The Kier molecular flexibility index (Phi) is 4.79.